The van der Waals surface area contributed by atoms with Gasteiger partial charge in [0.15, 0.2) is 12.4 Å². The molecule has 0 saturated carbocycles. The van der Waals surface area contributed by atoms with Gasteiger partial charge in [-0.15, -0.1) is 0 Å². The first-order valence-electron chi connectivity index (χ1n) is 9.16. The fourth-order valence-electron chi connectivity index (χ4n) is 4.78. The molecule has 0 spiro atoms. The molecule has 1 aliphatic heterocycles. The highest BCUT2D eigenvalue weighted by Gasteiger charge is 2.29. The summed E-state index contributed by atoms with van der Waals surface area (Å²) in [6.45, 7) is 7.44. The van der Waals surface area contributed by atoms with Crippen molar-refractivity contribution in [2.75, 3.05) is 0 Å². The highest BCUT2D eigenvalue weighted by molar-refractivity contribution is 6.08. The van der Waals surface area contributed by atoms with Crippen LogP contribution in [0.3, 0.4) is 0 Å². The molecule has 0 N–H and O–H groups in total. The zero-order valence-electron chi connectivity index (χ0n) is 15.2. The second kappa shape index (κ2) is 4.55. The molecule has 0 fully saturated rings. The summed E-state index contributed by atoms with van der Waals surface area (Å²) in [5, 5.41) is 3.98. The van der Waals surface area contributed by atoms with Gasteiger partial charge in [-0.3, -0.25) is 0 Å². The summed E-state index contributed by atoms with van der Waals surface area (Å²) in [5.74, 6) is 0. The lowest BCUT2D eigenvalue weighted by Gasteiger charge is -2.07. The van der Waals surface area contributed by atoms with Crippen LogP contribution in [0.5, 0.6) is 0 Å². The van der Waals surface area contributed by atoms with Crippen molar-refractivity contribution in [1.82, 2.24) is 9.13 Å². The maximum absolute atomic E-state index is 2.46. The summed E-state index contributed by atoms with van der Waals surface area (Å²) in [6, 6.07) is 18.1. The summed E-state index contributed by atoms with van der Waals surface area (Å²) in [4.78, 5) is 0. The van der Waals surface area contributed by atoms with Gasteiger partial charge in [-0.25, -0.2) is 4.57 Å². The van der Waals surface area contributed by atoms with Gasteiger partial charge < -0.3 is 4.57 Å². The van der Waals surface area contributed by atoms with Crippen LogP contribution in [0, 0.1) is 20.8 Å². The van der Waals surface area contributed by atoms with E-state index in [1.807, 2.05) is 0 Å². The summed E-state index contributed by atoms with van der Waals surface area (Å²) in [5.41, 5.74) is 9.09. The Morgan fingerprint density at radius 3 is 2.62 bits per heavy atom. The second-order valence-electron chi connectivity index (χ2n) is 7.65. The van der Waals surface area contributed by atoms with E-state index >= 15 is 0 Å². The topological polar surface area (TPSA) is 13.7 Å². The fourth-order valence-corrected chi connectivity index (χ4v) is 4.78. The van der Waals surface area contributed by atoms with Crippen molar-refractivity contribution in [3.63, 3.8) is 0 Å². The average molecular weight is 338 g/mol. The number of hydrogen-bond donors (Lipinski definition) is 0. The third-order valence-electron chi connectivity index (χ3n) is 5.75. The van der Waals surface area contributed by atoms with Gasteiger partial charge in [-0.1, -0.05) is 12.1 Å². The number of aryl methyl sites for hydroxylation is 3. The molecule has 0 saturated heterocycles. The van der Waals surface area contributed by atoms with E-state index in [1.54, 1.807) is 0 Å². The Bertz CT molecular complexity index is 1380. The van der Waals surface area contributed by atoms with Crippen LogP contribution in [0.25, 0.3) is 38.5 Å². The van der Waals surface area contributed by atoms with E-state index in [4.69, 9.17) is 0 Å². The Kier molecular flexibility index (Phi) is 2.48. The van der Waals surface area contributed by atoms with Crippen LogP contribution in [-0.2, 0) is 6.67 Å². The predicted octanol–water partition coefficient (Wildman–Crippen LogP) is 4.77. The number of rotatable bonds is 0. The van der Waals surface area contributed by atoms with Gasteiger partial charge >= 0.3 is 0 Å². The minimum absolute atomic E-state index is 0.847. The van der Waals surface area contributed by atoms with Crippen LogP contribution in [0.15, 0.2) is 54.7 Å². The molecule has 4 heterocycles. The second-order valence-corrected chi connectivity index (χ2v) is 7.65. The smallest absolute Gasteiger partial charge is 0.296 e. The normalized spacial score (nSPS) is 13.0. The SMILES string of the molecule is Cc1cc2c3c(c1)cc(C)n3C[n+]1cc(C)cc3c4ccccc4n-2c31. The molecular formula is C23H20N3+. The molecular weight excluding hydrogens is 318 g/mol. The van der Waals surface area contributed by atoms with Crippen molar-refractivity contribution >= 4 is 32.8 Å². The van der Waals surface area contributed by atoms with Gasteiger partial charge in [0.2, 0.25) is 0 Å². The minimum Gasteiger partial charge on any atom is -0.304 e. The summed E-state index contributed by atoms with van der Waals surface area (Å²) in [7, 11) is 0. The first kappa shape index (κ1) is 14.1. The van der Waals surface area contributed by atoms with E-state index in [2.05, 4.69) is 89.2 Å². The maximum atomic E-state index is 2.46. The summed E-state index contributed by atoms with van der Waals surface area (Å²) < 4.78 is 7.32. The van der Waals surface area contributed by atoms with Crippen LogP contribution in [0.2, 0.25) is 0 Å². The Morgan fingerprint density at radius 2 is 1.73 bits per heavy atom. The largest absolute Gasteiger partial charge is 0.304 e. The van der Waals surface area contributed by atoms with E-state index < -0.39 is 0 Å². The van der Waals surface area contributed by atoms with Gasteiger partial charge in [0, 0.05) is 16.5 Å². The number of fused-ring (bicyclic) bond motifs is 4. The summed E-state index contributed by atoms with van der Waals surface area (Å²) in [6.07, 6.45) is 2.28. The van der Waals surface area contributed by atoms with E-state index in [0.717, 1.165) is 6.67 Å². The molecule has 0 amide bonds. The fraction of sp³-hybridized carbons (Fsp3) is 0.174. The average Bonchev–Trinajstić information content (AvgIpc) is 3.04. The number of para-hydroxylation sites is 1. The van der Waals surface area contributed by atoms with E-state index in [-0.39, 0.29) is 0 Å². The van der Waals surface area contributed by atoms with Gasteiger partial charge in [0.1, 0.15) is 5.52 Å². The highest BCUT2D eigenvalue weighted by atomic mass is 15.2. The van der Waals surface area contributed by atoms with Gasteiger partial charge in [0.25, 0.3) is 5.65 Å². The van der Waals surface area contributed by atoms with Crippen molar-refractivity contribution in [2.24, 2.45) is 0 Å². The van der Waals surface area contributed by atoms with Crippen LogP contribution in [0.1, 0.15) is 16.8 Å². The van der Waals surface area contributed by atoms with Gasteiger partial charge in [0.05, 0.1) is 17.1 Å². The first-order chi connectivity index (χ1) is 12.6. The molecule has 0 aliphatic carbocycles. The molecule has 2 aromatic carbocycles. The minimum atomic E-state index is 0.847. The van der Waals surface area contributed by atoms with E-state index in [0.29, 0.717) is 0 Å². The third-order valence-corrected chi connectivity index (χ3v) is 5.75. The molecule has 0 atom stereocenters. The zero-order valence-corrected chi connectivity index (χ0v) is 15.2. The first-order valence-corrected chi connectivity index (χ1v) is 9.16. The highest BCUT2D eigenvalue weighted by Crippen LogP contribution is 2.36. The van der Waals surface area contributed by atoms with Crippen LogP contribution in [-0.4, -0.2) is 9.13 Å². The lowest BCUT2D eigenvalue weighted by atomic mass is 10.1. The van der Waals surface area contributed by atoms with Crippen molar-refractivity contribution in [3.05, 3.63) is 71.5 Å². The Morgan fingerprint density at radius 1 is 0.885 bits per heavy atom. The van der Waals surface area contributed by atoms with E-state index in [1.165, 1.54) is 55.3 Å². The van der Waals surface area contributed by atoms with Crippen LogP contribution >= 0.6 is 0 Å². The molecule has 0 radical (unpaired) electrons. The Balaban J connectivity index is 1.96. The zero-order chi connectivity index (χ0) is 17.6. The van der Waals surface area contributed by atoms with Gasteiger partial charge in [-0.2, -0.15) is 4.57 Å². The molecule has 0 bridgehead atoms. The van der Waals surface area contributed by atoms with Crippen LogP contribution < -0.4 is 4.57 Å². The Hall–Kier alpha value is -3.07. The lowest BCUT2D eigenvalue weighted by Crippen LogP contribution is -2.38. The summed E-state index contributed by atoms with van der Waals surface area (Å²) >= 11 is 0. The predicted molar refractivity (Wildman–Crippen MR) is 106 cm³/mol. The molecule has 5 aromatic rings. The molecule has 6 rings (SSSR count). The van der Waals surface area contributed by atoms with Crippen molar-refractivity contribution in [1.29, 1.82) is 0 Å². The van der Waals surface area contributed by atoms with Crippen molar-refractivity contribution in [2.45, 2.75) is 27.4 Å². The van der Waals surface area contributed by atoms with Crippen molar-refractivity contribution in [3.8, 4) is 5.69 Å². The number of aromatic nitrogens is 3. The third kappa shape index (κ3) is 1.61. The van der Waals surface area contributed by atoms with E-state index in [9.17, 15) is 0 Å². The molecule has 3 nitrogen and oxygen atoms in total. The number of hydrogen-bond acceptors (Lipinski definition) is 0. The maximum Gasteiger partial charge on any atom is 0.296 e. The lowest BCUT2D eigenvalue weighted by molar-refractivity contribution is -0.677. The standard InChI is InChI=1S/C23H20N3/c1-14-8-17-11-16(3)25-13-24-12-15(2)9-19-18-6-4-5-7-20(18)26(23(19)24)21(10-14)22(17)25/h4-12H,13H2,1-3H3/q+1. The van der Waals surface area contributed by atoms with Crippen LogP contribution in [0.4, 0.5) is 0 Å². The molecule has 26 heavy (non-hydrogen) atoms. The van der Waals surface area contributed by atoms with Gasteiger partial charge in [-0.05, 0) is 68.3 Å². The molecule has 0 unspecified atom stereocenters. The number of benzene rings is 2. The quantitative estimate of drug-likeness (QED) is 0.354. The number of pyridine rings is 1. The Labute approximate surface area is 151 Å². The molecule has 3 heteroatoms. The van der Waals surface area contributed by atoms with Crippen molar-refractivity contribution < 1.29 is 4.57 Å². The number of nitrogens with zero attached hydrogens (tertiary/aromatic N) is 3. The molecule has 3 aromatic heterocycles. The molecule has 1 aliphatic rings. The molecule has 126 valence electrons. The monoisotopic (exact) mass is 338 g/mol.